The van der Waals surface area contributed by atoms with Gasteiger partial charge >= 0.3 is 11.9 Å². The van der Waals surface area contributed by atoms with Gasteiger partial charge in [-0.15, -0.1) is 0 Å². The Hall–Kier alpha value is -4.95. The van der Waals surface area contributed by atoms with Crippen molar-refractivity contribution in [2.24, 2.45) is 5.92 Å². The van der Waals surface area contributed by atoms with E-state index in [2.05, 4.69) is 45.0 Å². The summed E-state index contributed by atoms with van der Waals surface area (Å²) in [6.45, 7) is 7.28. The highest BCUT2D eigenvalue weighted by molar-refractivity contribution is 6.31. The second-order valence-electron chi connectivity index (χ2n) is 12.8. The Balaban J connectivity index is 1.32. The van der Waals surface area contributed by atoms with E-state index in [4.69, 9.17) is 41.3 Å². The van der Waals surface area contributed by atoms with Crippen molar-refractivity contribution in [1.29, 1.82) is 0 Å². The summed E-state index contributed by atoms with van der Waals surface area (Å²) in [5.41, 5.74) is 4.68. The van der Waals surface area contributed by atoms with E-state index in [1.165, 1.54) is 5.56 Å². The summed E-state index contributed by atoms with van der Waals surface area (Å²) in [5, 5.41) is 20.6. The Bertz CT molecular complexity index is 1890. The summed E-state index contributed by atoms with van der Waals surface area (Å²) in [7, 11) is 0. The summed E-state index contributed by atoms with van der Waals surface area (Å²) in [6.07, 6.45) is 1.98. The first-order valence-corrected chi connectivity index (χ1v) is 16.3. The molecule has 0 saturated carbocycles. The predicted molar refractivity (Wildman–Crippen MR) is 188 cm³/mol. The van der Waals surface area contributed by atoms with Gasteiger partial charge in [0.15, 0.2) is 11.7 Å². The fraction of sp³-hybridized carbons (Fsp3) is 0.282. The Kier molecular flexibility index (Phi) is 11.0. The molecule has 0 fully saturated rings. The molecule has 5 rings (SSSR count). The number of aromatic nitrogens is 2. The lowest BCUT2D eigenvalue weighted by atomic mass is 9.86. The highest BCUT2D eigenvalue weighted by atomic mass is 35.5. The molecule has 4 aromatic carbocycles. The van der Waals surface area contributed by atoms with Gasteiger partial charge in [-0.3, -0.25) is 9.59 Å². The number of nitrogens with zero attached hydrogens (tertiary/aromatic N) is 2. The largest absolute Gasteiger partial charge is 0.494 e. The molecule has 5 aromatic rings. The Morgan fingerprint density at radius 3 is 2.17 bits per heavy atom. The lowest BCUT2D eigenvalue weighted by Gasteiger charge is -2.19. The number of carbonyl (C=O) groups is 2. The number of rotatable bonds is 14. The fourth-order valence-corrected chi connectivity index (χ4v) is 5.50. The van der Waals surface area contributed by atoms with Gasteiger partial charge in [-0.25, -0.2) is 4.98 Å². The zero-order valence-electron chi connectivity index (χ0n) is 27.3. The van der Waals surface area contributed by atoms with Crippen molar-refractivity contribution in [1.82, 2.24) is 9.97 Å². The number of aliphatic carboxylic acids is 2. The number of benzene rings is 4. The van der Waals surface area contributed by atoms with Crippen LogP contribution in [0.25, 0.3) is 33.4 Å². The van der Waals surface area contributed by atoms with Gasteiger partial charge in [0, 0.05) is 27.8 Å². The van der Waals surface area contributed by atoms with Gasteiger partial charge in [0.2, 0.25) is 5.88 Å². The van der Waals surface area contributed by atoms with E-state index in [0.717, 1.165) is 38.9 Å². The minimum Gasteiger partial charge on any atom is -0.494 e. The maximum Gasteiger partial charge on any atom is 0.317 e. The predicted octanol–water partition coefficient (Wildman–Crippen LogP) is 9.22. The molecular weight excluding hydrogens is 628 g/mol. The van der Waals surface area contributed by atoms with E-state index in [-0.39, 0.29) is 18.4 Å². The van der Waals surface area contributed by atoms with Crippen LogP contribution in [0.4, 0.5) is 0 Å². The number of hydrogen-bond acceptors (Lipinski definition) is 6. The van der Waals surface area contributed by atoms with Crippen LogP contribution in [0.1, 0.15) is 57.6 Å². The highest BCUT2D eigenvalue weighted by Gasteiger charge is 2.24. The first-order valence-electron chi connectivity index (χ1n) is 16.0. The summed E-state index contributed by atoms with van der Waals surface area (Å²) in [4.78, 5) is 31.8. The topological polar surface area (TPSA) is 119 Å². The van der Waals surface area contributed by atoms with Gasteiger partial charge in [0.05, 0.1) is 12.3 Å². The molecule has 0 atom stereocenters. The third-order valence-corrected chi connectivity index (χ3v) is 8.52. The maximum absolute atomic E-state index is 11.0. The van der Waals surface area contributed by atoms with Crippen molar-refractivity contribution < 1.29 is 29.3 Å². The summed E-state index contributed by atoms with van der Waals surface area (Å²) in [5.74, 6) is -2.26. The maximum atomic E-state index is 11.0. The Morgan fingerprint density at radius 1 is 0.771 bits per heavy atom. The average molecular weight is 667 g/mol. The standard InChI is InChI=1S/C39H39ClN2O6/c1-39(2,3)30-17-14-25(15-18-30)34-23-35(48-24-29-9-6-7-11-33(29)40)42-36(41-34)28-13-12-27-22-31(19-16-26(27)21-28)47-20-8-4-5-10-32(37(43)44)38(45)46/h6-7,9,11-19,21-23,32H,4-5,8,10,20,24H2,1-3H3,(H,43,44)(H,45,46). The lowest BCUT2D eigenvalue weighted by Crippen LogP contribution is -2.23. The molecular formula is C39H39ClN2O6. The monoisotopic (exact) mass is 666 g/mol. The second kappa shape index (κ2) is 15.3. The van der Waals surface area contributed by atoms with E-state index in [9.17, 15) is 9.59 Å². The van der Waals surface area contributed by atoms with Crippen LogP contribution in [-0.4, -0.2) is 38.7 Å². The van der Waals surface area contributed by atoms with Crippen LogP contribution in [-0.2, 0) is 21.6 Å². The Labute approximate surface area is 285 Å². The molecule has 2 N–H and O–H groups in total. The second-order valence-corrected chi connectivity index (χ2v) is 13.2. The van der Waals surface area contributed by atoms with Crippen LogP contribution in [0.15, 0.2) is 91.0 Å². The third-order valence-electron chi connectivity index (χ3n) is 8.15. The summed E-state index contributed by atoms with van der Waals surface area (Å²) >= 11 is 6.38. The normalized spacial score (nSPS) is 11.5. The van der Waals surface area contributed by atoms with Crippen molar-refractivity contribution >= 4 is 34.3 Å². The van der Waals surface area contributed by atoms with Crippen molar-refractivity contribution in [2.45, 2.75) is 58.5 Å². The molecule has 0 aliphatic carbocycles. The Morgan fingerprint density at radius 2 is 1.46 bits per heavy atom. The van der Waals surface area contributed by atoms with Gasteiger partial charge < -0.3 is 19.7 Å². The summed E-state index contributed by atoms with van der Waals surface area (Å²) < 4.78 is 12.1. The molecule has 0 aliphatic rings. The quantitative estimate of drug-likeness (QED) is 0.0889. The number of fused-ring (bicyclic) bond motifs is 1. The molecule has 0 radical (unpaired) electrons. The van der Waals surface area contributed by atoms with Crippen LogP contribution < -0.4 is 9.47 Å². The molecule has 0 bridgehead atoms. The van der Waals surface area contributed by atoms with Crippen LogP contribution in [0.3, 0.4) is 0 Å². The van der Waals surface area contributed by atoms with E-state index in [1.54, 1.807) is 0 Å². The van der Waals surface area contributed by atoms with Gasteiger partial charge in [0.1, 0.15) is 12.4 Å². The van der Waals surface area contributed by atoms with Gasteiger partial charge in [0.25, 0.3) is 0 Å². The molecule has 0 unspecified atom stereocenters. The molecule has 0 amide bonds. The van der Waals surface area contributed by atoms with Crippen LogP contribution in [0, 0.1) is 5.92 Å². The number of carboxylic acids is 2. The first-order chi connectivity index (χ1) is 23.0. The van der Waals surface area contributed by atoms with Crippen molar-refractivity contribution in [3.8, 4) is 34.3 Å². The van der Waals surface area contributed by atoms with Crippen molar-refractivity contribution in [3.63, 3.8) is 0 Å². The number of unbranched alkanes of at least 4 members (excludes halogenated alkanes) is 2. The number of halogens is 1. The molecule has 8 nitrogen and oxygen atoms in total. The number of hydrogen-bond donors (Lipinski definition) is 2. The molecule has 0 spiro atoms. The van der Waals surface area contributed by atoms with Gasteiger partial charge in [-0.2, -0.15) is 4.98 Å². The smallest absolute Gasteiger partial charge is 0.317 e. The summed E-state index contributed by atoms with van der Waals surface area (Å²) in [6, 6.07) is 29.7. The van der Waals surface area contributed by atoms with Crippen LogP contribution in [0.2, 0.25) is 5.02 Å². The van der Waals surface area contributed by atoms with Crippen molar-refractivity contribution in [3.05, 3.63) is 107 Å². The molecule has 0 saturated heterocycles. The molecule has 0 aliphatic heterocycles. The molecule has 1 aromatic heterocycles. The molecule has 1 heterocycles. The van der Waals surface area contributed by atoms with E-state index >= 15 is 0 Å². The zero-order valence-corrected chi connectivity index (χ0v) is 28.0. The van der Waals surface area contributed by atoms with Crippen LogP contribution >= 0.6 is 11.6 Å². The number of carboxylic acid groups (broad SMARTS) is 2. The number of ether oxygens (including phenoxy) is 2. The molecule has 9 heteroatoms. The fourth-order valence-electron chi connectivity index (χ4n) is 5.31. The average Bonchev–Trinajstić information content (AvgIpc) is 3.06. The van der Waals surface area contributed by atoms with E-state index in [0.29, 0.717) is 42.6 Å². The SMILES string of the molecule is CC(C)(C)c1ccc(-c2cc(OCc3ccccc3Cl)nc(-c3ccc4cc(OCCCCCC(C(=O)O)C(=O)O)ccc4c3)n2)cc1. The van der Waals surface area contributed by atoms with Crippen LogP contribution in [0.5, 0.6) is 11.6 Å². The third kappa shape index (κ3) is 8.89. The van der Waals surface area contributed by atoms with Gasteiger partial charge in [-0.05, 0) is 58.9 Å². The van der Waals surface area contributed by atoms with E-state index in [1.807, 2.05) is 66.7 Å². The minimum absolute atomic E-state index is 0.0331. The van der Waals surface area contributed by atoms with E-state index < -0.39 is 17.9 Å². The molecule has 48 heavy (non-hydrogen) atoms. The zero-order chi connectivity index (χ0) is 34.3. The minimum atomic E-state index is -1.36. The molecule has 248 valence electrons. The van der Waals surface area contributed by atoms with Gasteiger partial charge in [-0.1, -0.05) is 106 Å². The first kappa shape index (κ1) is 34.4. The van der Waals surface area contributed by atoms with Crippen molar-refractivity contribution in [2.75, 3.05) is 6.61 Å². The highest BCUT2D eigenvalue weighted by Crippen LogP contribution is 2.31. The lowest BCUT2D eigenvalue weighted by molar-refractivity contribution is -0.154.